The van der Waals surface area contributed by atoms with Crippen LogP contribution in [0.1, 0.15) is 29.8 Å². The molecular weight excluding hydrogens is 476 g/mol. The fourth-order valence-corrected chi connectivity index (χ4v) is 2.83. The van der Waals surface area contributed by atoms with Crippen molar-refractivity contribution >= 4 is 41.8 Å². The Bertz CT molecular complexity index is 706. The first kappa shape index (κ1) is 24.1. The number of hydrogen-bond acceptors (Lipinski definition) is 3. The number of halogens is 2. The highest BCUT2D eigenvalue weighted by atomic mass is 127. The summed E-state index contributed by atoms with van der Waals surface area (Å²) in [4.78, 5) is 32.0. The number of benzene rings is 1. The van der Waals surface area contributed by atoms with E-state index in [9.17, 15) is 14.0 Å². The lowest BCUT2D eigenvalue weighted by molar-refractivity contribution is -0.130. The highest BCUT2D eigenvalue weighted by molar-refractivity contribution is 14.0. The molecule has 1 saturated heterocycles. The van der Waals surface area contributed by atoms with Gasteiger partial charge in [0, 0.05) is 51.8 Å². The molecule has 156 valence electrons. The molecule has 7 nitrogen and oxygen atoms in total. The van der Waals surface area contributed by atoms with Crippen molar-refractivity contribution < 1.29 is 14.0 Å². The summed E-state index contributed by atoms with van der Waals surface area (Å²) in [5.74, 6) is 0.159. The lowest BCUT2D eigenvalue weighted by Gasteiger charge is -2.36. The Labute approximate surface area is 182 Å². The third-order valence-electron chi connectivity index (χ3n) is 4.45. The minimum absolute atomic E-state index is 0. The Morgan fingerprint density at radius 3 is 2.36 bits per heavy atom. The van der Waals surface area contributed by atoms with E-state index in [1.807, 2.05) is 11.8 Å². The molecule has 0 atom stereocenters. The zero-order chi connectivity index (χ0) is 19.8. The van der Waals surface area contributed by atoms with Gasteiger partial charge >= 0.3 is 0 Å². The SMILES string of the molecule is CCNC(=NCCNC(=O)c1ccc(C)c(F)c1)N1CCN(C(C)=O)CC1.I. The van der Waals surface area contributed by atoms with Crippen LogP contribution in [0.2, 0.25) is 0 Å². The number of rotatable bonds is 5. The zero-order valence-electron chi connectivity index (χ0n) is 16.6. The summed E-state index contributed by atoms with van der Waals surface area (Å²) in [5, 5.41) is 6.00. The molecule has 0 radical (unpaired) electrons. The molecule has 1 aliphatic rings. The van der Waals surface area contributed by atoms with Gasteiger partial charge < -0.3 is 20.4 Å². The molecule has 0 bridgehead atoms. The molecular formula is C19H29FIN5O2. The number of piperazine rings is 1. The van der Waals surface area contributed by atoms with E-state index in [0.29, 0.717) is 37.3 Å². The average Bonchev–Trinajstić information content (AvgIpc) is 2.66. The number of hydrogen-bond donors (Lipinski definition) is 2. The second-order valence-corrected chi connectivity index (χ2v) is 6.45. The van der Waals surface area contributed by atoms with E-state index in [2.05, 4.69) is 20.5 Å². The fraction of sp³-hybridized carbons (Fsp3) is 0.526. The van der Waals surface area contributed by atoms with E-state index < -0.39 is 0 Å². The van der Waals surface area contributed by atoms with Gasteiger partial charge in [0.2, 0.25) is 5.91 Å². The number of nitrogens with one attached hydrogen (secondary N) is 2. The maximum absolute atomic E-state index is 13.6. The first-order chi connectivity index (χ1) is 12.9. The molecule has 2 rings (SSSR count). The van der Waals surface area contributed by atoms with E-state index in [0.717, 1.165) is 25.6 Å². The van der Waals surface area contributed by atoms with Crippen LogP contribution < -0.4 is 10.6 Å². The van der Waals surface area contributed by atoms with Gasteiger partial charge in [-0.05, 0) is 31.5 Å². The van der Waals surface area contributed by atoms with Gasteiger partial charge in [0.1, 0.15) is 5.82 Å². The van der Waals surface area contributed by atoms with Crippen molar-refractivity contribution in [1.82, 2.24) is 20.4 Å². The summed E-state index contributed by atoms with van der Waals surface area (Å²) in [5.41, 5.74) is 0.811. The Balaban J connectivity index is 0.00000392. The Morgan fingerprint density at radius 1 is 1.14 bits per heavy atom. The van der Waals surface area contributed by atoms with E-state index in [-0.39, 0.29) is 41.6 Å². The third-order valence-corrected chi connectivity index (χ3v) is 4.45. The van der Waals surface area contributed by atoms with E-state index in [4.69, 9.17) is 0 Å². The Hall–Kier alpha value is -1.91. The second-order valence-electron chi connectivity index (χ2n) is 6.45. The van der Waals surface area contributed by atoms with Crippen LogP contribution in [-0.2, 0) is 4.79 Å². The second kappa shape index (κ2) is 11.8. The summed E-state index contributed by atoms with van der Waals surface area (Å²) < 4.78 is 13.6. The summed E-state index contributed by atoms with van der Waals surface area (Å²) in [6.07, 6.45) is 0. The molecule has 2 amide bonds. The van der Waals surface area contributed by atoms with Crippen LogP contribution in [-0.4, -0.2) is 73.4 Å². The van der Waals surface area contributed by atoms with Crippen LogP contribution in [0.25, 0.3) is 0 Å². The van der Waals surface area contributed by atoms with Crippen molar-refractivity contribution in [2.75, 3.05) is 45.8 Å². The fourth-order valence-electron chi connectivity index (χ4n) is 2.83. The van der Waals surface area contributed by atoms with Crippen molar-refractivity contribution in [3.8, 4) is 0 Å². The van der Waals surface area contributed by atoms with Crippen LogP contribution in [0.15, 0.2) is 23.2 Å². The van der Waals surface area contributed by atoms with E-state index >= 15 is 0 Å². The van der Waals surface area contributed by atoms with E-state index in [1.165, 1.54) is 6.07 Å². The van der Waals surface area contributed by atoms with Crippen molar-refractivity contribution in [2.24, 2.45) is 4.99 Å². The van der Waals surface area contributed by atoms with Gasteiger partial charge in [-0.2, -0.15) is 0 Å². The third kappa shape index (κ3) is 6.92. The van der Waals surface area contributed by atoms with Gasteiger partial charge in [-0.1, -0.05) is 6.07 Å². The van der Waals surface area contributed by atoms with Gasteiger partial charge in [-0.3, -0.25) is 14.6 Å². The number of carbonyl (C=O) groups excluding carboxylic acids is 2. The molecule has 9 heteroatoms. The van der Waals surface area contributed by atoms with Gasteiger partial charge in [0.15, 0.2) is 5.96 Å². The van der Waals surface area contributed by atoms with Gasteiger partial charge in [0.25, 0.3) is 5.91 Å². The largest absolute Gasteiger partial charge is 0.357 e. The topological polar surface area (TPSA) is 77.0 Å². The Kier molecular flexibility index (Phi) is 10.2. The summed E-state index contributed by atoms with van der Waals surface area (Å²) in [6, 6.07) is 4.44. The summed E-state index contributed by atoms with van der Waals surface area (Å²) >= 11 is 0. The number of aliphatic imine (C=N–C) groups is 1. The first-order valence-corrected chi connectivity index (χ1v) is 9.25. The normalized spacial score (nSPS) is 14.4. The Morgan fingerprint density at radius 2 is 1.79 bits per heavy atom. The molecule has 0 aliphatic carbocycles. The van der Waals surface area contributed by atoms with Gasteiger partial charge in [-0.15, -0.1) is 24.0 Å². The lowest BCUT2D eigenvalue weighted by Crippen LogP contribution is -2.53. The molecule has 1 aromatic rings. The quantitative estimate of drug-likeness (QED) is 0.276. The van der Waals surface area contributed by atoms with Crippen molar-refractivity contribution in [3.05, 3.63) is 35.1 Å². The number of nitrogens with zero attached hydrogens (tertiary/aromatic N) is 3. The number of guanidine groups is 1. The number of carbonyl (C=O) groups is 2. The summed E-state index contributed by atoms with van der Waals surface area (Å²) in [7, 11) is 0. The molecule has 1 aliphatic heterocycles. The summed E-state index contributed by atoms with van der Waals surface area (Å²) in [6.45, 7) is 9.54. The highest BCUT2D eigenvalue weighted by Gasteiger charge is 2.20. The van der Waals surface area contributed by atoms with Crippen LogP contribution in [0, 0.1) is 12.7 Å². The first-order valence-electron chi connectivity index (χ1n) is 9.25. The predicted octanol–water partition coefficient (Wildman–Crippen LogP) is 1.61. The molecule has 0 spiro atoms. The molecule has 0 unspecified atom stereocenters. The smallest absolute Gasteiger partial charge is 0.251 e. The highest BCUT2D eigenvalue weighted by Crippen LogP contribution is 2.09. The molecule has 0 aromatic heterocycles. The van der Waals surface area contributed by atoms with Crippen molar-refractivity contribution in [2.45, 2.75) is 20.8 Å². The molecule has 28 heavy (non-hydrogen) atoms. The van der Waals surface area contributed by atoms with Gasteiger partial charge in [0.05, 0.1) is 6.54 Å². The van der Waals surface area contributed by atoms with E-state index in [1.54, 1.807) is 26.0 Å². The molecule has 1 heterocycles. The number of amides is 2. The van der Waals surface area contributed by atoms with Crippen molar-refractivity contribution in [3.63, 3.8) is 0 Å². The molecule has 2 N–H and O–H groups in total. The molecule has 0 saturated carbocycles. The van der Waals surface area contributed by atoms with Crippen molar-refractivity contribution in [1.29, 1.82) is 0 Å². The lowest BCUT2D eigenvalue weighted by atomic mass is 10.1. The average molecular weight is 505 g/mol. The minimum atomic E-state index is -0.389. The monoisotopic (exact) mass is 505 g/mol. The number of aryl methyl sites for hydroxylation is 1. The maximum atomic E-state index is 13.6. The van der Waals surface area contributed by atoms with Crippen LogP contribution in [0.4, 0.5) is 4.39 Å². The predicted molar refractivity (Wildman–Crippen MR) is 119 cm³/mol. The van der Waals surface area contributed by atoms with Gasteiger partial charge in [-0.25, -0.2) is 4.39 Å². The molecule has 1 fully saturated rings. The van der Waals surface area contributed by atoms with Crippen LogP contribution in [0.5, 0.6) is 0 Å². The molecule has 1 aromatic carbocycles. The zero-order valence-corrected chi connectivity index (χ0v) is 19.0. The van der Waals surface area contributed by atoms with Crippen LogP contribution in [0.3, 0.4) is 0 Å². The minimum Gasteiger partial charge on any atom is -0.357 e. The standard InChI is InChI=1S/C19H28FN5O2.HI/c1-4-21-19(25-11-9-24(10-12-25)15(3)26)23-8-7-22-18(27)16-6-5-14(2)17(20)13-16;/h5-6,13H,4,7-12H2,1-3H3,(H,21,23)(H,22,27);1H. The maximum Gasteiger partial charge on any atom is 0.251 e. The van der Waals surface area contributed by atoms with Crippen LogP contribution >= 0.6 is 24.0 Å².